The number of hydrogen-bond donors (Lipinski definition) is 4. The predicted molar refractivity (Wildman–Crippen MR) is 134 cm³/mol. The maximum Gasteiger partial charge on any atom is 0.470 e. The van der Waals surface area contributed by atoms with Crippen molar-refractivity contribution in [1.82, 2.24) is 0 Å². The highest BCUT2D eigenvalue weighted by Gasteiger charge is 2.54. The fourth-order valence-corrected chi connectivity index (χ4v) is 4.87. The van der Waals surface area contributed by atoms with Crippen molar-refractivity contribution >= 4 is 7.82 Å². The molecule has 0 unspecified atom stereocenters. The minimum atomic E-state index is -5.06. The molecule has 0 bridgehead atoms. The second-order valence-electron chi connectivity index (χ2n) is 8.83. The van der Waals surface area contributed by atoms with Crippen molar-refractivity contribution < 1.29 is 43.3 Å². The van der Waals surface area contributed by atoms with E-state index in [1.165, 1.54) is 0 Å². The molecule has 0 aromatic heterocycles. The molecule has 0 spiro atoms. The van der Waals surface area contributed by atoms with Crippen molar-refractivity contribution in [2.75, 3.05) is 0 Å². The molecule has 0 amide bonds. The molecule has 4 rings (SSSR count). The van der Waals surface area contributed by atoms with Crippen LogP contribution in [0.1, 0.15) is 16.7 Å². The van der Waals surface area contributed by atoms with Crippen LogP contribution in [0.25, 0.3) is 0 Å². The lowest BCUT2D eigenvalue weighted by Crippen LogP contribution is -2.66. The fourth-order valence-electron chi connectivity index (χ4n) is 4.31. The lowest BCUT2D eigenvalue weighted by atomic mass is 9.84. The number of ether oxygens (including phenoxy) is 3. The van der Waals surface area contributed by atoms with E-state index in [-0.39, 0.29) is 19.8 Å². The highest BCUT2D eigenvalue weighted by molar-refractivity contribution is 7.46. The largest absolute Gasteiger partial charge is 0.470 e. The van der Waals surface area contributed by atoms with Gasteiger partial charge in [-0.1, -0.05) is 91.0 Å². The summed E-state index contributed by atoms with van der Waals surface area (Å²) >= 11 is 0. The molecule has 0 heterocycles. The summed E-state index contributed by atoms with van der Waals surface area (Å²) in [5, 5.41) is 22.5. The van der Waals surface area contributed by atoms with Gasteiger partial charge in [0, 0.05) is 0 Å². The van der Waals surface area contributed by atoms with Crippen molar-refractivity contribution in [1.29, 1.82) is 0 Å². The number of phosphoric acid groups is 1. The highest BCUT2D eigenvalue weighted by Crippen LogP contribution is 2.43. The van der Waals surface area contributed by atoms with Crippen molar-refractivity contribution in [3.8, 4) is 0 Å². The Morgan fingerprint density at radius 2 is 0.865 bits per heavy atom. The van der Waals surface area contributed by atoms with E-state index in [4.69, 9.17) is 18.7 Å². The van der Waals surface area contributed by atoms with Crippen molar-refractivity contribution in [2.24, 2.45) is 0 Å². The molecule has 6 atom stereocenters. The lowest BCUT2D eigenvalue weighted by Gasteiger charge is -2.46. The van der Waals surface area contributed by atoms with E-state index in [0.29, 0.717) is 0 Å². The van der Waals surface area contributed by atoms with Gasteiger partial charge < -0.3 is 34.2 Å². The Morgan fingerprint density at radius 1 is 0.541 bits per heavy atom. The molecule has 4 N–H and O–H groups in total. The standard InChI is InChI=1S/C27H31O9P/c28-22-24(33-16-19-10-4-1-5-11-19)23(29)26(35-18-21-14-8-3-9-15-21)27(36-37(30,31)32)25(22)34-17-20-12-6-2-7-13-20/h1-15,22-29H,16-18H2,(H2,30,31,32)/t22-,23+,24+,25+,26-,27-. The number of phosphoric ester groups is 1. The van der Waals surface area contributed by atoms with Gasteiger partial charge in [0.15, 0.2) is 0 Å². The normalized spacial score (nSPS) is 26.2. The zero-order valence-electron chi connectivity index (χ0n) is 20.0. The Kier molecular flexibility index (Phi) is 9.61. The summed E-state index contributed by atoms with van der Waals surface area (Å²) in [7, 11) is -5.06. The van der Waals surface area contributed by atoms with Gasteiger partial charge in [-0.05, 0) is 16.7 Å². The van der Waals surface area contributed by atoms with Gasteiger partial charge in [-0.2, -0.15) is 0 Å². The third-order valence-corrected chi connectivity index (χ3v) is 6.63. The van der Waals surface area contributed by atoms with Gasteiger partial charge in [0.05, 0.1) is 19.8 Å². The average molecular weight is 531 g/mol. The first kappa shape index (κ1) is 27.6. The number of benzene rings is 3. The van der Waals surface area contributed by atoms with E-state index < -0.39 is 44.4 Å². The van der Waals surface area contributed by atoms with Gasteiger partial charge in [-0.25, -0.2) is 4.57 Å². The van der Waals surface area contributed by atoms with Crippen LogP contribution in [-0.4, -0.2) is 56.6 Å². The van der Waals surface area contributed by atoms with Crippen LogP contribution in [0.15, 0.2) is 91.0 Å². The second kappa shape index (κ2) is 12.9. The smallest absolute Gasteiger partial charge is 0.387 e. The molecule has 0 saturated heterocycles. The molecule has 1 fully saturated rings. The van der Waals surface area contributed by atoms with Crippen LogP contribution < -0.4 is 0 Å². The number of rotatable bonds is 11. The van der Waals surface area contributed by atoms with Crippen LogP contribution in [0.3, 0.4) is 0 Å². The van der Waals surface area contributed by atoms with Crippen LogP contribution >= 0.6 is 7.82 Å². The van der Waals surface area contributed by atoms with Gasteiger partial charge in [-0.3, -0.25) is 4.52 Å². The molecular weight excluding hydrogens is 499 g/mol. The zero-order valence-corrected chi connectivity index (χ0v) is 20.9. The molecule has 0 aliphatic heterocycles. The van der Waals surface area contributed by atoms with E-state index in [9.17, 15) is 24.6 Å². The van der Waals surface area contributed by atoms with Gasteiger partial charge in [0.2, 0.25) is 0 Å². The minimum absolute atomic E-state index is 0.0243. The number of hydrogen-bond acceptors (Lipinski definition) is 7. The SMILES string of the molecule is O=P(O)(O)O[C@H]1[C@H](OCc2ccccc2)[C@@H](O)[C@@H](OCc2ccccc2)[C@@H](O)[C@@H]1OCc1ccccc1. The minimum Gasteiger partial charge on any atom is -0.387 e. The molecule has 3 aromatic carbocycles. The Balaban J connectivity index is 1.61. The molecule has 0 radical (unpaired) electrons. The number of aliphatic hydroxyl groups excluding tert-OH is 2. The Bertz CT molecular complexity index is 1070. The average Bonchev–Trinajstić information content (AvgIpc) is 2.89. The monoisotopic (exact) mass is 530 g/mol. The molecule has 9 nitrogen and oxygen atoms in total. The third-order valence-electron chi connectivity index (χ3n) is 6.11. The quantitative estimate of drug-likeness (QED) is 0.276. The summed E-state index contributed by atoms with van der Waals surface area (Å²) in [6, 6.07) is 27.5. The van der Waals surface area contributed by atoms with Crippen LogP contribution in [0.5, 0.6) is 0 Å². The van der Waals surface area contributed by atoms with Crippen molar-refractivity contribution in [3.05, 3.63) is 108 Å². The first-order valence-corrected chi connectivity index (χ1v) is 13.4. The summed E-state index contributed by atoms with van der Waals surface area (Å²) in [5.41, 5.74) is 2.37. The summed E-state index contributed by atoms with van der Waals surface area (Å²) in [6.07, 6.45) is -8.19. The molecule has 10 heteroatoms. The third kappa shape index (κ3) is 7.78. The fraction of sp³-hybridized carbons (Fsp3) is 0.333. The van der Waals surface area contributed by atoms with Gasteiger partial charge in [-0.15, -0.1) is 0 Å². The second-order valence-corrected chi connectivity index (χ2v) is 10.0. The molecule has 37 heavy (non-hydrogen) atoms. The van der Waals surface area contributed by atoms with Gasteiger partial charge in [0.25, 0.3) is 0 Å². The molecule has 3 aromatic rings. The van der Waals surface area contributed by atoms with Gasteiger partial charge >= 0.3 is 7.82 Å². The summed E-state index contributed by atoms with van der Waals surface area (Å²) in [4.78, 5) is 19.3. The van der Waals surface area contributed by atoms with E-state index >= 15 is 0 Å². The summed E-state index contributed by atoms with van der Waals surface area (Å²) in [6.45, 7) is 0.132. The van der Waals surface area contributed by atoms with E-state index in [1.54, 1.807) is 0 Å². The summed E-state index contributed by atoms with van der Waals surface area (Å²) < 4.78 is 34.8. The van der Waals surface area contributed by atoms with Crippen LogP contribution in [-0.2, 0) is 43.1 Å². The molecule has 1 saturated carbocycles. The van der Waals surface area contributed by atoms with Crippen LogP contribution in [0.4, 0.5) is 0 Å². The highest BCUT2D eigenvalue weighted by atomic mass is 31.2. The first-order valence-electron chi connectivity index (χ1n) is 11.9. The first-order chi connectivity index (χ1) is 17.8. The molecule has 198 valence electrons. The Labute approximate surface area is 215 Å². The van der Waals surface area contributed by atoms with Crippen molar-refractivity contribution in [3.63, 3.8) is 0 Å². The topological polar surface area (TPSA) is 135 Å². The van der Waals surface area contributed by atoms with Gasteiger partial charge in [0.1, 0.15) is 36.6 Å². The Morgan fingerprint density at radius 3 is 1.19 bits per heavy atom. The Hall–Kier alpha value is -2.43. The summed E-state index contributed by atoms with van der Waals surface area (Å²) in [5.74, 6) is 0. The molecular formula is C27H31O9P. The molecule has 1 aliphatic carbocycles. The van der Waals surface area contributed by atoms with Crippen LogP contribution in [0, 0.1) is 0 Å². The molecule has 1 aliphatic rings. The van der Waals surface area contributed by atoms with Crippen molar-refractivity contribution in [2.45, 2.75) is 56.4 Å². The predicted octanol–water partition coefficient (Wildman–Crippen LogP) is 2.96. The van der Waals surface area contributed by atoms with E-state index in [1.807, 2.05) is 91.0 Å². The van der Waals surface area contributed by atoms with E-state index in [0.717, 1.165) is 16.7 Å². The maximum atomic E-state index is 11.9. The van der Waals surface area contributed by atoms with E-state index in [2.05, 4.69) is 0 Å². The lowest BCUT2D eigenvalue weighted by molar-refractivity contribution is -0.258. The zero-order chi connectivity index (χ0) is 26.3. The number of aliphatic hydroxyl groups is 2. The maximum absolute atomic E-state index is 11.9. The van der Waals surface area contributed by atoms with Crippen LogP contribution in [0.2, 0.25) is 0 Å².